The minimum atomic E-state index is -0.475. The number of hydrogen-bond acceptors (Lipinski definition) is 5. The summed E-state index contributed by atoms with van der Waals surface area (Å²) in [5, 5.41) is 16.3. The van der Waals surface area contributed by atoms with Crippen molar-refractivity contribution in [2.24, 2.45) is 0 Å². The van der Waals surface area contributed by atoms with Crippen LogP contribution in [-0.2, 0) is 0 Å². The Morgan fingerprint density at radius 1 is 1.21 bits per heavy atom. The number of anilines is 1. The molecule has 24 heavy (non-hydrogen) atoms. The number of amides is 1. The lowest BCUT2D eigenvalue weighted by molar-refractivity contribution is -0.385. The highest BCUT2D eigenvalue weighted by atomic mass is 32.1. The number of methoxy groups -OCH3 is 1. The van der Waals surface area contributed by atoms with Crippen LogP contribution in [-0.4, -0.2) is 23.1 Å². The van der Waals surface area contributed by atoms with E-state index in [1.54, 1.807) is 37.3 Å². The summed E-state index contributed by atoms with van der Waals surface area (Å²) in [7, 11) is 1.47. The first-order chi connectivity index (χ1) is 11.4. The van der Waals surface area contributed by atoms with E-state index in [-0.39, 0.29) is 10.8 Å². The van der Waals surface area contributed by atoms with Gasteiger partial charge in [0.15, 0.2) is 5.11 Å². The van der Waals surface area contributed by atoms with Crippen LogP contribution in [0.5, 0.6) is 5.75 Å². The number of nitrogens with one attached hydrogen (secondary N) is 2. The summed E-state index contributed by atoms with van der Waals surface area (Å²) in [5.41, 5.74) is 1.18. The van der Waals surface area contributed by atoms with Crippen LogP contribution in [0.3, 0.4) is 0 Å². The number of hydrogen-bond donors (Lipinski definition) is 2. The van der Waals surface area contributed by atoms with E-state index in [1.165, 1.54) is 19.2 Å². The second-order valence-corrected chi connectivity index (χ2v) is 5.22. The molecule has 0 saturated carbocycles. The SMILES string of the molecule is COc1ccccc1C(=O)NC(=S)Nc1cccc([N+](=O)[O-])c1C. The molecule has 2 rings (SSSR count). The van der Waals surface area contributed by atoms with Crippen LogP contribution in [0.1, 0.15) is 15.9 Å². The molecule has 2 N–H and O–H groups in total. The van der Waals surface area contributed by atoms with Crippen molar-refractivity contribution in [2.45, 2.75) is 6.92 Å². The van der Waals surface area contributed by atoms with E-state index in [9.17, 15) is 14.9 Å². The molecule has 8 heteroatoms. The van der Waals surface area contributed by atoms with E-state index >= 15 is 0 Å². The van der Waals surface area contributed by atoms with Crippen molar-refractivity contribution in [1.29, 1.82) is 0 Å². The molecule has 0 saturated heterocycles. The van der Waals surface area contributed by atoms with Gasteiger partial charge in [-0.2, -0.15) is 0 Å². The summed E-state index contributed by atoms with van der Waals surface area (Å²) in [5.74, 6) is -0.0163. The minimum Gasteiger partial charge on any atom is -0.496 e. The summed E-state index contributed by atoms with van der Waals surface area (Å²) >= 11 is 5.11. The van der Waals surface area contributed by atoms with Gasteiger partial charge < -0.3 is 10.1 Å². The van der Waals surface area contributed by atoms with Crippen molar-refractivity contribution >= 4 is 34.6 Å². The highest BCUT2D eigenvalue weighted by molar-refractivity contribution is 7.80. The van der Waals surface area contributed by atoms with E-state index in [0.717, 1.165) is 0 Å². The van der Waals surface area contributed by atoms with Gasteiger partial charge in [-0.3, -0.25) is 20.2 Å². The molecule has 0 fully saturated rings. The van der Waals surface area contributed by atoms with Gasteiger partial charge in [-0.05, 0) is 37.3 Å². The fourth-order valence-electron chi connectivity index (χ4n) is 2.11. The average molecular weight is 345 g/mol. The number of carbonyl (C=O) groups is 1. The second-order valence-electron chi connectivity index (χ2n) is 4.82. The second kappa shape index (κ2) is 7.51. The summed E-state index contributed by atoms with van der Waals surface area (Å²) in [6.45, 7) is 1.60. The summed E-state index contributed by atoms with van der Waals surface area (Å²) in [6, 6.07) is 11.3. The van der Waals surface area contributed by atoms with Gasteiger partial charge in [-0.25, -0.2) is 0 Å². The predicted molar refractivity (Wildman–Crippen MR) is 94.5 cm³/mol. The van der Waals surface area contributed by atoms with E-state index in [4.69, 9.17) is 17.0 Å². The average Bonchev–Trinajstić information content (AvgIpc) is 2.56. The lowest BCUT2D eigenvalue weighted by Crippen LogP contribution is -2.34. The molecule has 7 nitrogen and oxygen atoms in total. The predicted octanol–water partition coefficient (Wildman–Crippen LogP) is 3.04. The zero-order valence-electron chi connectivity index (χ0n) is 13.0. The smallest absolute Gasteiger partial charge is 0.274 e. The molecular weight excluding hydrogens is 330 g/mol. The van der Waals surface area contributed by atoms with Crippen LogP contribution >= 0.6 is 12.2 Å². The van der Waals surface area contributed by atoms with Gasteiger partial charge in [-0.15, -0.1) is 0 Å². The van der Waals surface area contributed by atoms with Crippen LogP contribution in [0.4, 0.5) is 11.4 Å². The number of nitrogens with zero attached hydrogens (tertiary/aromatic N) is 1. The van der Waals surface area contributed by atoms with Crippen molar-refractivity contribution in [3.63, 3.8) is 0 Å². The summed E-state index contributed by atoms with van der Waals surface area (Å²) < 4.78 is 5.13. The van der Waals surface area contributed by atoms with Gasteiger partial charge in [0.05, 0.1) is 28.8 Å². The Morgan fingerprint density at radius 2 is 1.92 bits per heavy atom. The molecule has 0 spiro atoms. The lowest BCUT2D eigenvalue weighted by atomic mass is 10.1. The van der Waals surface area contributed by atoms with Gasteiger partial charge in [-0.1, -0.05) is 18.2 Å². The topological polar surface area (TPSA) is 93.5 Å². The first-order valence-electron chi connectivity index (χ1n) is 6.93. The molecule has 2 aromatic carbocycles. The van der Waals surface area contributed by atoms with Crippen LogP contribution in [0.25, 0.3) is 0 Å². The summed E-state index contributed by atoms with van der Waals surface area (Å²) in [6.07, 6.45) is 0. The Balaban J connectivity index is 2.13. The van der Waals surface area contributed by atoms with Crippen molar-refractivity contribution in [3.05, 3.63) is 63.7 Å². The quantitative estimate of drug-likeness (QED) is 0.502. The lowest BCUT2D eigenvalue weighted by Gasteiger charge is -2.13. The maximum Gasteiger partial charge on any atom is 0.274 e. The van der Waals surface area contributed by atoms with Crippen molar-refractivity contribution in [1.82, 2.24) is 5.32 Å². The Hall–Kier alpha value is -3.00. The Bertz CT molecular complexity index is 808. The van der Waals surface area contributed by atoms with Gasteiger partial charge in [0, 0.05) is 6.07 Å². The number of nitro benzene ring substituents is 1. The van der Waals surface area contributed by atoms with E-state index in [1.807, 2.05) is 0 Å². The molecule has 0 aliphatic carbocycles. The molecule has 0 bridgehead atoms. The van der Waals surface area contributed by atoms with Crippen LogP contribution in [0.2, 0.25) is 0 Å². The molecule has 0 aromatic heterocycles. The number of ether oxygens (including phenoxy) is 1. The molecule has 1 amide bonds. The van der Waals surface area contributed by atoms with Crippen molar-refractivity contribution in [3.8, 4) is 5.75 Å². The molecular formula is C16H15N3O4S. The molecule has 0 aliphatic rings. The molecule has 0 atom stereocenters. The molecule has 124 valence electrons. The summed E-state index contributed by atoms with van der Waals surface area (Å²) in [4.78, 5) is 22.7. The number of benzene rings is 2. The fourth-order valence-corrected chi connectivity index (χ4v) is 2.32. The number of rotatable bonds is 4. The van der Waals surface area contributed by atoms with Crippen LogP contribution in [0.15, 0.2) is 42.5 Å². The van der Waals surface area contributed by atoms with E-state index in [2.05, 4.69) is 10.6 Å². The largest absolute Gasteiger partial charge is 0.496 e. The fraction of sp³-hybridized carbons (Fsp3) is 0.125. The number of para-hydroxylation sites is 1. The molecule has 0 aliphatic heterocycles. The molecule has 2 aromatic rings. The monoisotopic (exact) mass is 345 g/mol. The van der Waals surface area contributed by atoms with Gasteiger partial charge in [0.1, 0.15) is 5.75 Å². The first-order valence-corrected chi connectivity index (χ1v) is 7.34. The highest BCUT2D eigenvalue weighted by Gasteiger charge is 2.16. The first kappa shape index (κ1) is 17.4. The number of thiocarbonyl (C=S) groups is 1. The van der Waals surface area contributed by atoms with Crippen LogP contribution < -0.4 is 15.4 Å². The maximum atomic E-state index is 12.3. The Kier molecular flexibility index (Phi) is 5.43. The zero-order valence-corrected chi connectivity index (χ0v) is 13.8. The zero-order chi connectivity index (χ0) is 17.7. The normalized spacial score (nSPS) is 9.92. The van der Waals surface area contributed by atoms with Gasteiger partial charge in [0.2, 0.25) is 0 Å². The molecule has 0 radical (unpaired) electrons. The van der Waals surface area contributed by atoms with Gasteiger partial charge in [0.25, 0.3) is 11.6 Å². The number of nitro groups is 1. The van der Waals surface area contributed by atoms with Crippen molar-refractivity contribution in [2.75, 3.05) is 12.4 Å². The number of carbonyl (C=O) groups excluding carboxylic acids is 1. The van der Waals surface area contributed by atoms with E-state index in [0.29, 0.717) is 22.6 Å². The standard InChI is InChI=1S/C16H15N3O4S/c1-10-12(7-5-8-13(10)19(21)22)17-16(24)18-15(20)11-6-3-4-9-14(11)23-2/h3-9H,1-2H3,(H2,17,18,20,24). The molecule has 0 heterocycles. The highest BCUT2D eigenvalue weighted by Crippen LogP contribution is 2.25. The third-order valence-corrected chi connectivity index (χ3v) is 3.53. The minimum absolute atomic E-state index is 0.0288. The van der Waals surface area contributed by atoms with Crippen molar-refractivity contribution < 1.29 is 14.5 Å². The Labute approximate surface area is 143 Å². The van der Waals surface area contributed by atoms with Crippen LogP contribution in [0, 0.1) is 17.0 Å². The maximum absolute atomic E-state index is 12.3. The Morgan fingerprint density at radius 3 is 2.58 bits per heavy atom. The van der Waals surface area contributed by atoms with Gasteiger partial charge >= 0.3 is 0 Å². The third-order valence-electron chi connectivity index (χ3n) is 3.33. The van der Waals surface area contributed by atoms with E-state index < -0.39 is 10.8 Å². The third kappa shape index (κ3) is 3.85. The molecule has 0 unspecified atom stereocenters.